The van der Waals surface area contributed by atoms with Gasteiger partial charge in [-0.2, -0.15) is 0 Å². The maximum atomic E-state index is 12.9. The largest absolute Gasteiger partial charge is 0.586 e. The number of hydrogen-bond donors (Lipinski definition) is 3. The number of carboxylic acid groups (broad SMARTS) is 1. The Morgan fingerprint density at radius 3 is 2.58 bits per heavy atom. The molecule has 0 bridgehead atoms. The first-order valence-corrected chi connectivity index (χ1v) is 7.37. The van der Waals surface area contributed by atoms with Gasteiger partial charge in [-0.3, -0.25) is 14.9 Å². The number of nitrogens with one attached hydrogen (secondary N) is 2. The van der Waals surface area contributed by atoms with Crippen LogP contribution in [0.15, 0.2) is 18.2 Å². The van der Waals surface area contributed by atoms with Gasteiger partial charge in [0.05, 0.1) is 6.54 Å². The van der Waals surface area contributed by atoms with Gasteiger partial charge in [-0.15, -0.1) is 8.78 Å². The van der Waals surface area contributed by atoms with Gasteiger partial charge in [-0.25, -0.2) is 0 Å². The molecule has 0 fully saturated rings. The Hall–Kier alpha value is -2.42. The summed E-state index contributed by atoms with van der Waals surface area (Å²) >= 11 is 0. The molecule has 1 aromatic rings. The molecule has 0 unspecified atom stereocenters. The van der Waals surface area contributed by atoms with Gasteiger partial charge in [0, 0.05) is 11.8 Å². The van der Waals surface area contributed by atoms with Gasteiger partial charge >= 0.3 is 12.3 Å². The Balaban J connectivity index is 1.93. The van der Waals surface area contributed by atoms with Crippen molar-refractivity contribution in [3.8, 4) is 11.5 Å². The van der Waals surface area contributed by atoms with Gasteiger partial charge in [0.2, 0.25) is 5.91 Å². The normalized spacial score (nSPS) is 17.2. The number of halogens is 2. The molecular weight excluding hydrogens is 326 g/mol. The molecule has 3 N–H and O–H groups in total. The standard InChI is InChI=1S/C15H18F2N2O5/c1-3-8(2)13(14(21)22)18-7-12(20)19-9-4-5-10-11(6-9)24-15(16,17)23-10/h4-6,8,13,18H,3,7H2,1-2H3,(H,19,20)(H,21,22)/t8-,13-/m0/s1. The summed E-state index contributed by atoms with van der Waals surface area (Å²) in [5.41, 5.74) is 0.234. The predicted molar refractivity (Wildman–Crippen MR) is 80.2 cm³/mol. The molecule has 0 spiro atoms. The molecule has 7 nitrogen and oxygen atoms in total. The van der Waals surface area contributed by atoms with Crippen LogP contribution < -0.4 is 20.1 Å². The molecule has 0 saturated carbocycles. The fourth-order valence-electron chi connectivity index (χ4n) is 2.20. The Bertz CT molecular complexity index is 638. The smallest absolute Gasteiger partial charge is 0.480 e. The van der Waals surface area contributed by atoms with Crippen LogP contribution >= 0.6 is 0 Å². The van der Waals surface area contributed by atoms with Crippen molar-refractivity contribution < 1.29 is 33.0 Å². The summed E-state index contributed by atoms with van der Waals surface area (Å²) in [5, 5.41) is 14.3. The molecule has 2 atom stereocenters. The molecule has 2 rings (SSSR count). The van der Waals surface area contributed by atoms with E-state index in [9.17, 15) is 18.4 Å². The lowest BCUT2D eigenvalue weighted by molar-refractivity contribution is -0.286. The van der Waals surface area contributed by atoms with Crippen molar-refractivity contribution in [3.05, 3.63) is 18.2 Å². The molecule has 0 saturated heterocycles. The number of carboxylic acids is 1. The van der Waals surface area contributed by atoms with Crippen molar-refractivity contribution in [2.45, 2.75) is 32.6 Å². The minimum Gasteiger partial charge on any atom is -0.480 e. The number of hydrogen-bond acceptors (Lipinski definition) is 5. The number of aliphatic carboxylic acids is 1. The molecule has 24 heavy (non-hydrogen) atoms. The minimum atomic E-state index is -3.72. The maximum absolute atomic E-state index is 12.9. The second-order valence-corrected chi connectivity index (χ2v) is 5.46. The Labute approximate surface area is 136 Å². The Morgan fingerprint density at radius 1 is 1.29 bits per heavy atom. The zero-order valence-corrected chi connectivity index (χ0v) is 13.1. The zero-order chi connectivity index (χ0) is 17.9. The second-order valence-electron chi connectivity index (χ2n) is 5.46. The number of anilines is 1. The van der Waals surface area contributed by atoms with Gasteiger partial charge in [0.25, 0.3) is 0 Å². The zero-order valence-electron chi connectivity index (χ0n) is 13.1. The van der Waals surface area contributed by atoms with Gasteiger partial charge in [-0.1, -0.05) is 20.3 Å². The summed E-state index contributed by atoms with van der Waals surface area (Å²) in [6.07, 6.45) is -3.08. The number of ether oxygens (including phenoxy) is 2. The van der Waals surface area contributed by atoms with Crippen molar-refractivity contribution in [3.63, 3.8) is 0 Å². The highest BCUT2D eigenvalue weighted by Gasteiger charge is 2.43. The lowest BCUT2D eigenvalue weighted by Crippen LogP contribution is -2.45. The van der Waals surface area contributed by atoms with Gasteiger partial charge < -0.3 is 19.9 Å². The molecule has 132 valence electrons. The molecule has 1 aliphatic heterocycles. The van der Waals surface area contributed by atoms with Gasteiger partial charge in [-0.05, 0) is 18.1 Å². The monoisotopic (exact) mass is 344 g/mol. The van der Waals surface area contributed by atoms with E-state index in [1.165, 1.54) is 18.2 Å². The van der Waals surface area contributed by atoms with Crippen molar-refractivity contribution in [2.24, 2.45) is 5.92 Å². The van der Waals surface area contributed by atoms with Crippen LogP contribution in [0, 0.1) is 5.92 Å². The van der Waals surface area contributed by atoms with Crippen molar-refractivity contribution in [1.29, 1.82) is 0 Å². The average molecular weight is 344 g/mol. The van der Waals surface area contributed by atoms with Crippen molar-refractivity contribution in [2.75, 3.05) is 11.9 Å². The number of amides is 1. The predicted octanol–water partition coefficient (Wildman–Crippen LogP) is 2.04. The summed E-state index contributed by atoms with van der Waals surface area (Å²) < 4.78 is 34.4. The third kappa shape index (κ3) is 4.31. The lowest BCUT2D eigenvalue weighted by atomic mass is 9.99. The van der Waals surface area contributed by atoms with E-state index < -0.39 is 24.2 Å². The van der Waals surface area contributed by atoms with E-state index in [1.807, 2.05) is 6.92 Å². The highest BCUT2D eigenvalue weighted by molar-refractivity contribution is 5.93. The Morgan fingerprint density at radius 2 is 1.96 bits per heavy atom. The number of fused-ring (bicyclic) bond motifs is 1. The van der Waals surface area contributed by atoms with Crippen LogP contribution in [0.3, 0.4) is 0 Å². The topological polar surface area (TPSA) is 96.9 Å². The van der Waals surface area contributed by atoms with Crippen LogP contribution in [0.2, 0.25) is 0 Å². The molecular formula is C15H18F2N2O5. The highest BCUT2D eigenvalue weighted by Crippen LogP contribution is 2.42. The van der Waals surface area contributed by atoms with Crippen LogP contribution in [-0.4, -0.2) is 35.9 Å². The molecule has 0 radical (unpaired) electrons. The quantitative estimate of drug-likeness (QED) is 0.700. The van der Waals surface area contributed by atoms with Crippen LogP contribution in [0.1, 0.15) is 20.3 Å². The van der Waals surface area contributed by atoms with Crippen molar-refractivity contribution >= 4 is 17.6 Å². The van der Waals surface area contributed by atoms with Gasteiger partial charge in [0.1, 0.15) is 6.04 Å². The molecule has 1 heterocycles. The SMILES string of the molecule is CC[C@H](C)[C@H](NCC(=O)Nc1ccc2c(c1)OC(F)(F)O2)C(=O)O. The third-order valence-corrected chi connectivity index (χ3v) is 3.65. The van der Waals surface area contributed by atoms with Crippen LogP contribution in [-0.2, 0) is 9.59 Å². The van der Waals surface area contributed by atoms with E-state index in [-0.39, 0.29) is 29.6 Å². The average Bonchev–Trinajstić information content (AvgIpc) is 2.79. The van der Waals surface area contributed by atoms with Gasteiger partial charge in [0.15, 0.2) is 11.5 Å². The first-order chi connectivity index (χ1) is 11.2. The van der Waals surface area contributed by atoms with E-state index in [4.69, 9.17) is 5.11 Å². The number of alkyl halides is 2. The molecule has 1 aliphatic rings. The molecule has 0 aromatic heterocycles. The first kappa shape index (κ1) is 17.9. The fraction of sp³-hybridized carbons (Fsp3) is 0.467. The van der Waals surface area contributed by atoms with Crippen molar-refractivity contribution in [1.82, 2.24) is 5.32 Å². The van der Waals surface area contributed by atoms with E-state index in [1.54, 1.807) is 6.92 Å². The van der Waals surface area contributed by atoms with Crippen LogP contribution in [0.4, 0.5) is 14.5 Å². The molecule has 0 aliphatic carbocycles. The van der Waals surface area contributed by atoms with E-state index >= 15 is 0 Å². The molecule has 9 heteroatoms. The summed E-state index contributed by atoms with van der Waals surface area (Å²) in [5.74, 6) is -2.01. The number of carbonyl (C=O) groups is 2. The number of carbonyl (C=O) groups excluding carboxylic acids is 1. The molecule has 1 amide bonds. The summed E-state index contributed by atoms with van der Waals surface area (Å²) in [6.45, 7) is 3.39. The highest BCUT2D eigenvalue weighted by atomic mass is 19.3. The fourth-order valence-corrected chi connectivity index (χ4v) is 2.20. The maximum Gasteiger partial charge on any atom is 0.586 e. The minimum absolute atomic E-state index is 0.126. The molecule has 1 aromatic carbocycles. The first-order valence-electron chi connectivity index (χ1n) is 7.37. The lowest BCUT2D eigenvalue weighted by Gasteiger charge is -2.19. The van der Waals surface area contributed by atoms with E-state index in [0.717, 1.165) is 0 Å². The Kier molecular flexibility index (Phi) is 5.23. The second kappa shape index (κ2) is 7.00. The third-order valence-electron chi connectivity index (χ3n) is 3.65. The van der Waals surface area contributed by atoms with E-state index in [2.05, 4.69) is 20.1 Å². The summed E-state index contributed by atoms with van der Waals surface area (Å²) in [4.78, 5) is 23.1. The number of rotatable bonds is 7. The van der Waals surface area contributed by atoms with E-state index in [0.29, 0.717) is 6.42 Å². The van der Waals surface area contributed by atoms with Crippen LogP contribution in [0.25, 0.3) is 0 Å². The summed E-state index contributed by atoms with van der Waals surface area (Å²) in [6, 6.07) is 2.98. The van der Waals surface area contributed by atoms with Crippen LogP contribution in [0.5, 0.6) is 11.5 Å². The number of benzene rings is 1. The summed E-state index contributed by atoms with van der Waals surface area (Å²) in [7, 11) is 0.